The average Bonchev–Trinajstić information content (AvgIpc) is 3.14. The lowest BCUT2D eigenvalue weighted by molar-refractivity contribution is -0.401. The first-order valence-electron chi connectivity index (χ1n) is 7.82. The lowest BCUT2D eigenvalue weighted by Crippen LogP contribution is -2.70. The molecule has 2 heterocycles. The normalized spacial score (nSPS) is 12.0. The Morgan fingerprint density at radius 2 is 1.71 bits per heavy atom. The van der Waals surface area contributed by atoms with Crippen molar-refractivity contribution in [3.05, 3.63) is 70.5 Å². The number of fused-ring (bicyclic) bond motifs is 1. The lowest BCUT2D eigenvalue weighted by atomic mass is 10.1. The van der Waals surface area contributed by atoms with E-state index >= 15 is 0 Å². The average molecular weight is 428 g/mol. The van der Waals surface area contributed by atoms with Gasteiger partial charge in [0.25, 0.3) is 0 Å². The number of hydrogen-bond donors (Lipinski definition) is 1. The fraction of sp³-hybridized carbons (Fsp3) is 0. The Kier molecular flexibility index (Phi) is 6.10. The summed E-state index contributed by atoms with van der Waals surface area (Å²) in [7, 11) is -6.00. The second-order valence-electron chi connectivity index (χ2n) is 5.39. The van der Waals surface area contributed by atoms with Crippen LogP contribution in [0.2, 0.25) is 5.02 Å². The molecule has 4 nitrogen and oxygen atoms in total. The van der Waals surface area contributed by atoms with Crippen molar-refractivity contribution in [1.29, 1.82) is 0 Å². The highest BCUT2D eigenvalue weighted by Gasteiger charge is 2.20. The van der Waals surface area contributed by atoms with Crippen LogP contribution in [0.25, 0.3) is 22.3 Å². The van der Waals surface area contributed by atoms with Gasteiger partial charge in [-0.1, -0.05) is 41.9 Å². The van der Waals surface area contributed by atoms with Crippen molar-refractivity contribution >= 4 is 46.3 Å². The Bertz CT molecular complexity index is 1130. The molecule has 0 saturated heterocycles. The van der Waals surface area contributed by atoms with Gasteiger partial charge in [-0.05, 0) is 34.6 Å². The number of aromatic nitrogens is 2. The van der Waals surface area contributed by atoms with Crippen LogP contribution >= 0.6 is 22.9 Å². The topological polar surface area (TPSA) is 52.9 Å². The van der Waals surface area contributed by atoms with E-state index in [1.807, 2.05) is 54.6 Å². The number of hydrogen-bond acceptors (Lipinski definition) is 4. The zero-order chi connectivity index (χ0) is 20.1. The maximum Gasteiger partial charge on any atom is 0.673 e. The molecule has 0 fully saturated rings. The maximum absolute atomic E-state index is 9.75. The number of nitrogens with one attached hydrogen (secondary N) is 1. The first kappa shape index (κ1) is 20.0. The van der Waals surface area contributed by atoms with Crippen LogP contribution in [-0.2, 0) is 0 Å². The van der Waals surface area contributed by atoms with Gasteiger partial charge in [-0.2, -0.15) is 0 Å². The highest BCUT2D eigenvalue weighted by molar-refractivity contribution is 7.12. The molecule has 0 unspecified atom stereocenters. The van der Waals surface area contributed by atoms with Gasteiger partial charge in [0, 0.05) is 16.7 Å². The Hall–Kier alpha value is -2.72. The molecule has 2 aromatic heterocycles. The van der Waals surface area contributed by atoms with E-state index in [0.29, 0.717) is 5.02 Å². The predicted octanol–water partition coefficient (Wildman–Crippen LogP) is 4.22. The summed E-state index contributed by atoms with van der Waals surface area (Å²) in [5, 5.41) is 11.0. The van der Waals surface area contributed by atoms with Gasteiger partial charge >= 0.3 is 12.4 Å². The summed E-state index contributed by atoms with van der Waals surface area (Å²) in [6, 6.07) is 17.5. The van der Waals surface area contributed by atoms with E-state index in [0.717, 1.165) is 32.8 Å². The summed E-state index contributed by atoms with van der Waals surface area (Å²) in [5.41, 5.74) is 3.44. The molecule has 0 atom stereocenters. The van der Waals surface area contributed by atoms with E-state index < -0.39 is 7.25 Å². The second-order valence-corrected chi connectivity index (χ2v) is 6.66. The fourth-order valence-corrected chi connectivity index (χ4v) is 2.98. The summed E-state index contributed by atoms with van der Waals surface area (Å²) in [6.07, 6.45) is 0. The lowest BCUT2D eigenvalue weighted by Gasteiger charge is -2.04. The summed E-state index contributed by atoms with van der Waals surface area (Å²) >= 11 is 7.57. The summed E-state index contributed by atoms with van der Waals surface area (Å²) in [6.45, 7) is 0. The summed E-state index contributed by atoms with van der Waals surface area (Å²) < 4.78 is 45.0. The van der Waals surface area contributed by atoms with Gasteiger partial charge in [0.2, 0.25) is 0 Å². The molecule has 144 valence electrons. The third-order valence-corrected chi connectivity index (χ3v) is 4.23. The summed E-state index contributed by atoms with van der Waals surface area (Å²) in [5.74, 6) is 0.771. The zero-order valence-corrected chi connectivity index (χ0v) is 15.5. The van der Waals surface area contributed by atoms with Crippen molar-refractivity contribution in [2.75, 3.05) is 0 Å². The molecule has 0 radical (unpaired) electrons. The molecule has 0 saturated carbocycles. The standard InChI is InChI=1S/C17H10ClN3OS.BF4/c18-12-6-7-15-13(8-12)14(20-17-21-19-10-23-17)9-16(22-15)11-4-2-1-3-5-11;2-1(3,4)5/h1-10H;/q;-1/p+1. The van der Waals surface area contributed by atoms with E-state index in [1.54, 1.807) is 5.51 Å². The van der Waals surface area contributed by atoms with Crippen molar-refractivity contribution in [3.63, 3.8) is 0 Å². The van der Waals surface area contributed by atoms with E-state index in [-0.39, 0.29) is 0 Å². The molecule has 0 amide bonds. The van der Waals surface area contributed by atoms with Gasteiger partial charge in [0.15, 0.2) is 0 Å². The molecule has 2 aromatic carbocycles. The van der Waals surface area contributed by atoms with Crippen LogP contribution < -0.4 is 10.3 Å². The minimum atomic E-state index is -6.00. The monoisotopic (exact) mass is 427 g/mol. The van der Waals surface area contributed by atoms with E-state index in [1.165, 1.54) is 11.3 Å². The molecule has 4 aromatic rings. The first-order chi connectivity index (χ1) is 13.3. The molecular weight excluding hydrogens is 417 g/mol. The third kappa shape index (κ3) is 5.64. The van der Waals surface area contributed by atoms with Crippen LogP contribution in [0.5, 0.6) is 0 Å². The number of halogens is 5. The number of rotatable bonds is 2. The SMILES string of the molecule is Clc1ccc2oc(-c3ccccc3)cc(=[NH+]c3nncs3)c2c1.F[B-](F)(F)F. The second kappa shape index (κ2) is 8.53. The van der Waals surface area contributed by atoms with Gasteiger partial charge in [-0.25, -0.2) is 4.99 Å². The van der Waals surface area contributed by atoms with Crippen LogP contribution in [0.4, 0.5) is 22.4 Å². The molecular formula is C17H11BClF4N3OS. The van der Waals surface area contributed by atoms with Crippen molar-refractivity contribution in [3.8, 4) is 11.3 Å². The van der Waals surface area contributed by atoms with Crippen LogP contribution in [0, 0.1) is 0 Å². The molecule has 28 heavy (non-hydrogen) atoms. The molecule has 11 heteroatoms. The molecule has 0 bridgehead atoms. The van der Waals surface area contributed by atoms with E-state index in [9.17, 15) is 17.3 Å². The van der Waals surface area contributed by atoms with Gasteiger partial charge in [0.1, 0.15) is 22.2 Å². The molecule has 4 rings (SSSR count). The van der Waals surface area contributed by atoms with E-state index in [2.05, 4.69) is 15.2 Å². The molecule has 0 aliphatic heterocycles. The largest absolute Gasteiger partial charge is 0.673 e. The van der Waals surface area contributed by atoms with E-state index in [4.69, 9.17) is 16.0 Å². The first-order valence-corrected chi connectivity index (χ1v) is 9.08. The maximum atomic E-state index is 9.75. The Balaban J connectivity index is 0.000000403. The van der Waals surface area contributed by atoms with Gasteiger partial charge in [-0.15, -0.1) is 0 Å². The minimum absolute atomic E-state index is 0.653. The predicted molar refractivity (Wildman–Crippen MR) is 101 cm³/mol. The highest BCUT2D eigenvalue weighted by Crippen LogP contribution is 2.23. The van der Waals surface area contributed by atoms with Crippen LogP contribution in [0.1, 0.15) is 0 Å². The summed E-state index contributed by atoms with van der Waals surface area (Å²) in [4.78, 5) is 3.29. The highest BCUT2D eigenvalue weighted by atomic mass is 35.5. The van der Waals surface area contributed by atoms with Gasteiger partial charge in [-0.3, -0.25) is 0 Å². The Morgan fingerprint density at radius 3 is 2.36 bits per heavy atom. The fourth-order valence-electron chi connectivity index (χ4n) is 2.35. The van der Waals surface area contributed by atoms with Crippen LogP contribution in [0.15, 0.2) is 64.5 Å². The zero-order valence-electron chi connectivity index (χ0n) is 14.0. The Morgan fingerprint density at radius 1 is 1.00 bits per heavy atom. The van der Waals surface area contributed by atoms with Crippen molar-refractivity contribution in [1.82, 2.24) is 10.2 Å². The third-order valence-electron chi connectivity index (χ3n) is 3.39. The molecule has 0 aliphatic carbocycles. The molecule has 0 spiro atoms. The minimum Gasteiger partial charge on any atom is -0.456 e. The Labute approximate surface area is 165 Å². The van der Waals surface area contributed by atoms with Crippen LogP contribution in [-0.4, -0.2) is 17.5 Å². The van der Waals surface area contributed by atoms with Crippen molar-refractivity contribution in [2.24, 2.45) is 0 Å². The number of benzene rings is 2. The van der Waals surface area contributed by atoms with Gasteiger partial charge in [0.05, 0.1) is 10.5 Å². The molecule has 1 N–H and O–H groups in total. The van der Waals surface area contributed by atoms with Crippen molar-refractivity contribution in [2.45, 2.75) is 0 Å². The van der Waals surface area contributed by atoms with Gasteiger partial charge < -0.3 is 21.7 Å². The van der Waals surface area contributed by atoms with Crippen molar-refractivity contribution < 1.29 is 26.7 Å². The smallest absolute Gasteiger partial charge is 0.456 e. The van der Waals surface area contributed by atoms with Crippen LogP contribution in [0.3, 0.4) is 0 Å². The number of nitrogens with zero attached hydrogens (tertiary/aromatic N) is 2. The molecule has 0 aliphatic rings. The quantitative estimate of drug-likeness (QED) is 0.385.